The number of hydrogen-bond donors (Lipinski definition) is 1. The molecule has 5 nitrogen and oxygen atoms in total. The summed E-state index contributed by atoms with van der Waals surface area (Å²) in [5, 5.41) is 5.30. The van der Waals surface area contributed by atoms with Crippen molar-refractivity contribution < 1.29 is 9.53 Å². The number of aromatic nitrogens is 2. The van der Waals surface area contributed by atoms with Crippen molar-refractivity contribution >= 4 is 28.5 Å². The molecule has 3 aromatic rings. The molecular formula is C19H15N3O2S. The molecule has 0 atom stereocenters. The number of carbonyl (C=O) groups is 1. The number of fused-ring (bicyclic) bond motifs is 1. The normalized spacial score (nSPS) is 12.8. The maximum absolute atomic E-state index is 12.0. The van der Waals surface area contributed by atoms with Gasteiger partial charge in [-0.25, -0.2) is 4.98 Å². The molecule has 124 valence electrons. The van der Waals surface area contributed by atoms with E-state index in [1.165, 1.54) is 23.0 Å². The van der Waals surface area contributed by atoms with E-state index >= 15 is 0 Å². The van der Waals surface area contributed by atoms with Crippen LogP contribution in [0, 0.1) is 0 Å². The van der Waals surface area contributed by atoms with Gasteiger partial charge in [0.15, 0.2) is 5.13 Å². The first-order valence-corrected chi connectivity index (χ1v) is 8.78. The van der Waals surface area contributed by atoms with Gasteiger partial charge in [0.2, 0.25) is 5.91 Å². The summed E-state index contributed by atoms with van der Waals surface area (Å²) in [5.74, 6) is 0.723. The molecule has 0 bridgehead atoms. The fourth-order valence-electron chi connectivity index (χ4n) is 2.59. The molecule has 4 rings (SSSR count). The second-order valence-electron chi connectivity index (χ2n) is 5.54. The lowest BCUT2D eigenvalue weighted by atomic mass is 10.1. The van der Waals surface area contributed by atoms with Crippen LogP contribution >= 0.6 is 11.3 Å². The number of rotatable bonds is 4. The van der Waals surface area contributed by atoms with Crippen LogP contribution in [0.5, 0.6) is 5.75 Å². The molecule has 1 N–H and O–H groups in total. The molecule has 0 saturated heterocycles. The zero-order valence-corrected chi connectivity index (χ0v) is 14.1. The van der Waals surface area contributed by atoms with Crippen molar-refractivity contribution in [2.45, 2.75) is 6.42 Å². The van der Waals surface area contributed by atoms with E-state index < -0.39 is 0 Å². The minimum absolute atomic E-state index is 0.228. The fourth-order valence-corrected chi connectivity index (χ4v) is 3.31. The Morgan fingerprint density at radius 3 is 3.12 bits per heavy atom. The molecule has 2 aromatic heterocycles. The van der Waals surface area contributed by atoms with E-state index in [0.717, 1.165) is 35.7 Å². The molecule has 0 fully saturated rings. The molecule has 0 unspecified atom stereocenters. The Morgan fingerprint density at radius 2 is 2.24 bits per heavy atom. The van der Waals surface area contributed by atoms with E-state index in [9.17, 15) is 4.79 Å². The highest BCUT2D eigenvalue weighted by atomic mass is 32.1. The Balaban J connectivity index is 1.44. The Morgan fingerprint density at radius 1 is 1.28 bits per heavy atom. The third-order valence-electron chi connectivity index (χ3n) is 3.81. The summed E-state index contributed by atoms with van der Waals surface area (Å²) in [6, 6.07) is 11.6. The summed E-state index contributed by atoms with van der Waals surface area (Å²) in [7, 11) is 0. The van der Waals surface area contributed by atoms with Gasteiger partial charge in [-0.05, 0) is 42.0 Å². The van der Waals surface area contributed by atoms with E-state index in [4.69, 9.17) is 4.74 Å². The number of benzene rings is 1. The van der Waals surface area contributed by atoms with Gasteiger partial charge >= 0.3 is 0 Å². The van der Waals surface area contributed by atoms with E-state index in [1.54, 1.807) is 12.3 Å². The molecule has 0 spiro atoms. The molecule has 3 heterocycles. The summed E-state index contributed by atoms with van der Waals surface area (Å²) in [4.78, 5) is 20.6. The number of nitrogens with zero attached hydrogens (tertiary/aromatic N) is 2. The van der Waals surface area contributed by atoms with Crippen LogP contribution in [-0.4, -0.2) is 22.5 Å². The maximum atomic E-state index is 12.0. The van der Waals surface area contributed by atoms with Crippen molar-refractivity contribution in [2.24, 2.45) is 0 Å². The van der Waals surface area contributed by atoms with Crippen LogP contribution in [0.15, 0.2) is 54.1 Å². The zero-order valence-electron chi connectivity index (χ0n) is 13.3. The Labute approximate surface area is 149 Å². The molecule has 0 saturated carbocycles. The van der Waals surface area contributed by atoms with Crippen molar-refractivity contribution in [1.29, 1.82) is 0 Å². The number of ether oxygens (including phenoxy) is 1. The zero-order chi connectivity index (χ0) is 17.1. The van der Waals surface area contributed by atoms with E-state index in [-0.39, 0.29) is 5.91 Å². The maximum Gasteiger partial charge on any atom is 0.250 e. The molecule has 1 aliphatic heterocycles. The average molecular weight is 349 g/mol. The Bertz CT molecular complexity index is 935. The number of amides is 1. The van der Waals surface area contributed by atoms with Gasteiger partial charge in [-0.1, -0.05) is 6.07 Å². The highest BCUT2D eigenvalue weighted by molar-refractivity contribution is 7.14. The minimum atomic E-state index is -0.228. The minimum Gasteiger partial charge on any atom is -0.493 e. The van der Waals surface area contributed by atoms with E-state index in [2.05, 4.69) is 21.4 Å². The predicted molar refractivity (Wildman–Crippen MR) is 98.6 cm³/mol. The van der Waals surface area contributed by atoms with Gasteiger partial charge in [0.1, 0.15) is 5.75 Å². The number of carbonyl (C=O) groups excluding carboxylic acids is 1. The van der Waals surface area contributed by atoms with Crippen LogP contribution in [0.2, 0.25) is 0 Å². The molecule has 0 radical (unpaired) electrons. The summed E-state index contributed by atoms with van der Waals surface area (Å²) < 4.78 is 5.52. The van der Waals surface area contributed by atoms with E-state index in [1.807, 2.05) is 35.7 Å². The SMILES string of the molecule is O=C(C=Cc1ccccn1)Nc1nc(-c2ccc3c(c2)CCO3)cs1. The van der Waals surface area contributed by atoms with Crippen LogP contribution in [0.4, 0.5) is 5.13 Å². The summed E-state index contributed by atoms with van der Waals surface area (Å²) >= 11 is 1.40. The van der Waals surface area contributed by atoms with Crippen LogP contribution in [0.3, 0.4) is 0 Å². The third kappa shape index (κ3) is 3.59. The summed E-state index contributed by atoms with van der Waals surface area (Å²) in [6.07, 6.45) is 5.74. The number of anilines is 1. The lowest BCUT2D eigenvalue weighted by Gasteiger charge is -2.01. The topological polar surface area (TPSA) is 64.1 Å². The molecule has 0 aliphatic carbocycles. The van der Waals surface area contributed by atoms with Crippen LogP contribution in [-0.2, 0) is 11.2 Å². The standard InChI is InChI=1S/C19H15N3O2S/c23-18(7-5-15-3-1-2-9-20-15)22-19-21-16(12-25-19)13-4-6-17-14(11-13)8-10-24-17/h1-7,9,11-12H,8,10H2,(H,21,22,23). The molecule has 1 amide bonds. The monoisotopic (exact) mass is 349 g/mol. The van der Waals surface area contributed by atoms with Gasteiger partial charge < -0.3 is 4.74 Å². The van der Waals surface area contributed by atoms with Gasteiger partial charge in [0.25, 0.3) is 0 Å². The van der Waals surface area contributed by atoms with Gasteiger partial charge in [-0.3, -0.25) is 15.1 Å². The van der Waals surface area contributed by atoms with Gasteiger partial charge in [-0.2, -0.15) is 0 Å². The molecular weight excluding hydrogens is 334 g/mol. The Hall–Kier alpha value is -2.99. The van der Waals surface area contributed by atoms with Gasteiger partial charge in [0.05, 0.1) is 18.0 Å². The largest absolute Gasteiger partial charge is 0.493 e. The van der Waals surface area contributed by atoms with Gasteiger partial charge in [0, 0.05) is 29.6 Å². The van der Waals surface area contributed by atoms with Crippen molar-refractivity contribution in [3.05, 3.63) is 65.3 Å². The van der Waals surface area contributed by atoms with Crippen LogP contribution < -0.4 is 10.1 Å². The highest BCUT2D eigenvalue weighted by Gasteiger charge is 2.14. The number of nitrogens with one attached hydrogen (secondary N) is 1. The van der Waals surface area contributed by atoms with Crippen molar-refractivity contribution in [3.63, 3.8) is 0 Å². The number of hydrogen-bond acceptors (Lipinski definition) is 5. The predicted octanol–water partition coefficient (Wildman–Crippen LogP) is 3.79. The van der Waals surface area contributed by atoms with Gasteiger partial charge in [-0.15, -0.1) is 11.3 Å². The first kappa shape index (κ1) is 15.5. The lowest BCUT2D eigenvalue weighted by Crippen LogP contribution is -2.07. The smallest absolute Gasteiger partial charge is 0.250 e. The number of thiazole rings is 1. The highest BCUT2D eigenvalue weighted by Crippen LogP contribution is 2.31. The first-order valence-electron chi connectivity index (χ1n) is 7.90. The summed E-state index contributed by atoms with van der Waals surface area (Å²) in [6.45, 7) is 0.736. The quantitative estimate of drug-likeness (QED) is 0.728. The average Bonchev–Trinajstić information content (AvgIpc) is 3.29. The van der Waals surface area contributed by atoms with E-state index in [0.29, 0.717) is 5.13 Å². The molecule has 6 heteroatoms. The Kier molecular flexibility index (Phi) is 4.26. The lowest BCUT2D eigenvalue weighted by molar-refractivity contribution is -0.111. The van der Waals surface area contributed by atoms with Crippen molar-refractivity contribution in [3.8, 4) is 17.0 Å². The van der Waals surface area contributed by atoms with Crippen LogP contribution in [0.25, 0.3) is 17.3 Å². The van der Waals surface area contributed by atoms with Crippen LogP contribution in [0.1, 0.15) is 11.3 Å². The first-order chi connectivity index (χ1) is 12.3. The third-order valence-corrected chi connectivity index (χ3v) is 4.57. The molecule has 25 heavy (non-hydrogen) atoms. The molecule has 1 aromatic carbocycles. The second kappa shape index (κ2) is 6.86. The number of pyridine rings is 1. The fraction of sp³-hybridized carbons (Fsp3) is 0.105. The second-order valence-corrected chi connectivity index (χ2v) is 6.39. The molecule has 1 aliphatic rings. The van der Waals surface area contributed by atoms with Crippen molar-refractivity contribution in [2.75, 3.05) is 11.9 Å². The van der Waals surface area contributed by atoms with Crippen molar-refractivity contribution in [1.82, 2.24) is 9.97 Å². The summed E-state index contributed by atoms with van der Waals surface area (Å²) in [5.41, 5.74) is 3.82.